The van der Waals surface area contributed by atoms with E-state index in [0.29, 0.717) is 5.56 Å². The van der Waals surface area contributed by atoms with Crippen molar-refractivity contribution in [3.05, 3.63) is 48.3 Å². The molecule has 1 atom stereocenters. The summed E-state index contributed by atoms with van der Waals surface area (Å²) in [6.45, 7) is 7.16. The number of esters is 1. The van der Waals surface area contributed by atoms with Crippen LogP contribution in [0.3, 0.4) is 0 Å². The predicted octanol–water partition coefficient (Wildman–Crippen LogP) is 2.33. The predicted molar refractivity (Wildman–Crippen MR) is 86.3 cm³/mol. The van der Waals surface area contributed by atoms with Crippen LogP contribution in [0, 0.1) is 0 Å². The zero-order valence-corrected chi connectivity index (χ0v) is 13.7. The van der Waals surface area contributed by atoms with Gasteiger partial charge >= 0.3 is 5.97 Å². The van der Waals surface area contributed by atoms with E-state index >= 15 is 0 Å². The Hall–Kier alpha value is -2.63. The van der Waals surface area contributed by atoms with Gasteiger partial charge in [0.1, 0.15) is 0 Å². The molecule has 0 aliphatic carbocycles. The maximum atomic E-state index is 12.1. The molecule has 2 aromatic rings. The summed E-state index contributed by atoms with van der Waals surface area (Å²) >= 11 is 0. The van der Waals surface area contributed by atoms with Gasteiger partial charge < -0.3 is 10.1 Å². The first-order chi connectivity index (χ1) is 10.8. The van der Waals surface area contributed by atoms with Gasteiger partial charge in [0.25, 0.3) is 5.91 Å². The van der Waals surface area contributed by atoms with Gasteiger partial charge in [0.15, 0.2) is 6.10 Å². The van der Waals surface area contributed by atoms with Crippen molar-refractivity contribution < 1.29 is 14.3 Å². The van der Waals surface area contributed by atoms with Gasteiger partial charge in [-0.3, -0.25) is 4.79 Å². The minimum Gasteiger partial charge on any atom is -0.449 e. The summed E-state index contributed by atoms with van der Waals surface area (Å²) in [6.07, 6.45) is 2.64. The molecular weight excluding hydrogens is 294 g/mol. The molecule has 0 aliphatic heterocycles. The number of rotatable bonds is 4. The molecule has 1 unspecified atom stereocenters. The Bertz CT molecular complexity index is 670. The fraction of sp³-hybridized carbons (Fsp3) is 0.353. The first-order valence-corrected chi connectivity index (χ1v) is 7.39. The molecule has 6 heteroatoms. The molecule has 0 fully saturated rings. The average Bonchev–Trinajstić information content (AvgIpc) is 2.99. The lowest BCUT2D eigenvalue weighted by Gasteiger charge is -2.23. The third-order valence-electron chi connectivity index (χ3n) is 3.02. The summed E-state index contributed by atoms with van der Waals surface area (Å²) in [7, 11) is 0. The van der Waals surface area contributed by atoms with Gasteiger partial charge in [-0.2, -0.15) is 5.10 Å². The Balaban J connectivity index is 1.99. The maximum absolute atomic E-state index is 12.1. The number of amides is 1. The van der Waals surface area contributed by atoms with Crippen molar-refractivity contribution in [1.29, 1.82) is 0 Å². The molecule has 0 spiro atoms. The highest BCUT2D eigenvalue weighted by atomic mass is 16.5. The smallest absolute Gasteiger partial charge is 0.338 e. The van der Waals surface area contributed by atoms with Gasteiger partial charge in [-0.25, -0.2) is 9.48 Å². The van der Waals surface area contributed by atoms with E-state index in [2.05, 4.69) is 10.4 Å². The van der Waals surface area contributed by atoms with Gasteiger partial charge in [-0.05, 0) is 58.0 Å². The van der Waals surface area contributed by atoms with Crippen LogP contribution in [0.25, 0.3) is 5.69 Å². The fourth-order valence-electron chi connectivity index (χ4n) is 1.93. The molecular formula is C17H21N3O3. The fourth-order valence-corrected chi connectivity index (χ4v) is 1.93. The third-order valence-corrected chi connectivity index (χ3v) is 3.02. The van der Waals surface area contributed by atoms with E-state index in [0.717, 1.165) is 5.69 Å². The maximum Gasteiger partial charge on any atom is 0.338 e. The van der Waals surface area contributed by atoms with Crippen molar-refractivity contribution in [1.82, 2.24) is 15.1 Å². The molecule has 1 heterocycles. The van der Waals surface area contributed by atoms with Gasteiger partial charge in [0.2, 0.25) is 0 Å². The summed E-state index contributed by atoms with van der Waals surface area (Å²) in [5.74, 6) is -0.854. The van der Waals surface area contributed by atoms with Crippen molar-refractivity contribution in [3.63, 3.8) is 0 Å². The zero-order valence-electron chi connectivity index (χ0n) is 13.7. The topological polar surface area (TPSA) is 73.2 Å². The Morgan fingerprint density at radius 2 is 1.87 bits per heavy atom. The number of nitrogens with zero attached hydrogens (tertiary/aromatic N) is 2. The van der Waals surface area contributed by atoms with Crippen LogP contribution in [0.15, 0.2) is 42.7 Å². The van der Waals surface area contributed by atoms with Gasteiger partial charge in [-0.1, -0.05) is 0 Å². The second-order valence-corrected chi connectivity index (χ2v) is 6.28. The van der Waals surface area contributed by atoms with Gasteiger partial charge in [0, 0.05) is 17.9 Å². The van der Waals surface area contributed by atoms with E-state index in [-0.39, 0.29) is 11.4 Å². The monoisotopic (exact) mass is 315 g/mol. The first-order valence-electron chi connectivity index (χ1n) is 7.39. The number of aromatic nitrogens is 2. The zero-order chi connectivity index (χ0) is 17.0. The number of hydrogen-bond acceptors (Lipinski definition) is 4. The van der Waals surface area contributed by atoms with Crippen molar-refractivity contribution in [2.75, 3.05) is 0 Å². The lowest BCUT2D eigenvalue weighted by Crippen LogP contribution is -2.46. The molecule has 23 heavy (non-hydrogen) atoms. The largest absolute Gasteiger partial charge is 0.449 e. The Morgan fingerprint density at radius 3 is 2.39 bits per heavy atom. The van der Waals surface area contributed by atoms with Crippen LogP contribution in [0.1, 0.15) is 38.1 Å². The molecule has 0 bridgehead atoms. The Kier molecular flexibility index (Phi) is 4.83. The molecule has 0 radical (unpaired) electrons. The van der Waals surface area contributed by atoms with E-state index in [1.54, 1.807) is 42.1 Å². The number of carbonyl (C=O) groups is 2. The number of carbonyl (C=O) groups excluding carboxylic acids is 2. The first kappa shape index (κ1) is 16.7. The number of ether oxygens (including phenoxy) is 1. The van der Waals surface area contributed by atoms with E-state index in [4.69, 9.17) is 4.74 Å². The highest BCUT2D eigenvalue weighted by Crippen LogP contribution is 2.11. The Labute approximate surface area is 135 Å². The summed E-state index contributed by atoms with van der Waals surface area (Å²) in [6, 6.07) is 8.64. The van der Waals surface area contributed by atoms with Crippen molar-refractivity contribution in [3.8, 4) is 5.69 Å². The molecule has 0 saturated heterocycles. The molecule has 1 aromatic carbocycles. The summed E-state index contributed by atoms with van der Waals surface area (Å²) < 4.78 is 6.89. The average molecular weight is 315 g/mol. The van der Waals surface area contributed by atoms with Crippen molar-refractivity contribution in [2.24, 2.45) is 0 Å². The van der Waals surface area contributed by atoms with E-state index in [1.165, 1.54) is 0 Å². The highest BCUT2D eigenvalue weighted by Gasteiger charge is 2.22. The summed E-state index contributed by atoms with van der Waals surface area (Å²) in [5, 5.41) is 6.89. The van der Waals surface area contributed by atoms with Crippen molar-refractivity contribution >= 4 is 11.9 Å². The molecule has 1 amide bonds. The van der Waals surface area contributed by atoms with Crippen molar-refractivity contribution in [2.45, 2.75) is 39.3 Å². The molecule has 6 nitrogen and oxygen atoms in total. The number of hydrogen-bond donors (Lipinski definition) is 1. The summed E-state index contributed by atoms with van der Waals surface area (Å²) in [5.41, 5.74) is 0.852. The Morgan fingerprint density at radius 1 is 1.22 bits per heavy atom. The number of benzene rings is 1. The van der Waals surface area contributed by atoms with Crippen LogP contribution in [-0.2, 0) is 9.53 Å². The summed E-state index contributed by atoms with van der Waals surface area (Å²) in [4.78, 5) is 24.0. The lowest BCUT2D eigenvalue weighted by atomic mass is 10.1. The minimum absolute atomic E-state index is 0.320. The second kappa shape index (κ2) is 6.64. The van der Waals surface area contributed by atoms with Crippen LogP contribution in [0.4, 0.5) is 0 Å². The second-order valence-electron chi connectivity index (χ2n) is 6.28. The van der Waals surface area contributed by atoms with Crippen LogP contribution in [0.5, 0.6) is 0 Å². The normalized spacial score (nSPS) is 12.5. The molecule has 0 aliphatic rings. The SMILES string of the molecule is CC(OC(=O)c1ccc(-n2cccn2)cc1)C(=O)NC(C)(C)C. The standard InChI is InChI=1S/C17H21N3O3/c1-12(15(21)19-17(2,3)4)23-16(22)13-6-8-14(9-7-13)20-11-5-10-18-20/h5-12H,1-4H3,(H,19,21). The van der Waals surface area contributed by atoms with Crippen LogP contribution >= 0.6 is 0 Å². The van der Waals surface area contributed by atoms with E-state index in [1.807, 2.05) is 33.0 Å². The van der Waals surface area contributed by atoms with Crippen LogP contribution in [-0.4, -0.2) is 33.3 Å². The third kappa shape index (κ3) is 4.67. The molecule has 1 aromatic heterocycles. The van der Waals surface area contributed by atoms with E-state index in [9.17, 15) is 9.59 Å². The molecule has 2 rings (SSSR count). The van der Waals surface area contributed by atoms with Gasteiger partial charge in [0.05, 0.1) is 11.3 Å². The molecule has 122 valence electrons. The number of nitrogens with one attached hydrogen (secondary N) is 1. The quantitative estimate of drug-likeness (QED) is 0.879. The minimum atomic E-state index is -0.854. The van der Waals surface area contributed by atoms with Crippen LogP contribution < -0.4 is 5.32 Å². The molecule has 0 saturated carbocycles. The lowest BCUT2D eigenvalue weighted by molar-refractivity contribution is -0.130. The molecule has 1 N–H and O–H groups in total. The highest BCUT2D eigenvalue weighted by molar-refractivity contribution is 5.92. The van der Waals surface area contributed by atoms with Gasteiger partial charge in [-0.15, -0.1) is 0 Å². The van der Waals surface area contributed by atoms with Crippen LogP contribution in [0.2, 0.25) is 0 Å². The van der Waals surface area contributed by atoms with E-state index < -0.39 is 12.1 Å².